The minimum Gasteiger partial charge on any atom is -0.550 e. The maximum absolute atomic E-state index is 10.1. The Balaban J connectivity index is 0.00000121. The smallest absolute Gasteiger partial charge is 0.550 e. The molecule has 1 aromatic carbocycles. The molecule has 0 saturated heterocycles. The molecular formula is C8H6INaO2. The summed E-state index contributed by atoms with van der Waals surface area (Å²) in [6.07, 6.45) is -0.00306. The molecule has 0 heterocycles. The van der Waals surface area contributed by atoms with E-state index in [1.165, 1.54) is 0 Å². The van der Waals surface area contributed by atoms with Gasteiger partial charge in [0, 0.05) is 16.0 Å². The van der Waals surface area contributed by atoms with E-state index in [1.807, 2.05) is 12.1 Å². The first-order valence-electron chi connectivity index (χ1n) is 3.13. The molecule has 0 bridgehead atoms. The Labute approximate surface area is 107 Å². The van der Waals surface area contributed by atoms with Crippen molar-refractivity contribution < 1.29 is 39.5 Å². The maximum Gasteiger partial charge on any atom is 1.00 e. The molecule has 12 heavy (non-hydrogen) atoms. The molecular weight excluding hydrogens is 278 g/mol. The van der Waals surface area contributed by atoms with Crippen molar-refractivity contribution in [3.05, 3.63) is 33.4 Å². The fourth-order valence-corrected chi connectivity index (χ4v) is 1.13. The molecule has 58 valence electrons. The first-order chi connectivity index (χ1) is 5.18. The summed E-state index contributed by atoms with van der Waals surface area (Å²) in [5.41, 5.74) is 0.783. The van der Waals surface area contributed by atoms with Crippen molar-refractivity contribution in [2.24, 2.45) is 0 Å². The first kappa shape index (κ1) is 12.4. The van der Waals surface area contributed by atoms with Gasteiger partial charge in [-0.1, -0.05) is 12.1 Å². The second kappa shape index (κ2) is 5.96. The van der Waals surface area contributed by atoms with Crippen LogP contribution in [0.15, 0.2) is 24.3 Å². The van der Waals surface area contributed by atoms with Crippen LogP contribution in [0.25, 0.3) is 0 Å². The fourth-order valence-electron chi connectivity index (χ4n) is 0.769. The van der Waals surface area contributed by atoms with Gasteiger partial charge < -0.3 is 9.90 Å². The minimum absolute atomic E-state index is 0. The molecule has 0 aromatic heterocycles. The minimum atomic E-state index is -1.04. The van der Waals surface area contributed by atoms with Gasteiger partial charge in [0.2, 0.25) is 0 Å². The van der Waals surface area contributed by atoms with Crippen molar-refractivity contribution >= 4 is 28.6 Å². The maximum atomic E-state index is 10.1. The second-order valence-corrected chi connectivity index (χ2v) is 3.42. The molecule has 0 saturated carbocycles. The molecule has 0 aliphatic heterocycles. The van der Waals surface area contributed by atoms with Crippen LogP contribution in [0.5, 0.6) is 0 Å². The Morgan fingerprint density at radius 1 is 1.33 bits per heavy atom. The number of aliphatic carboxylic acids is 1. The molecule has 0 amide bonds. The summed E-state index contributed by atoms with van der Waals surface area (Å²) in [7, 11) is 0. The Kier molecular flexibility index (Phi) is 6.17. The summed E-state index contributed by atoms with van der Waals surface area (Å²) in [5, 5.41) is 10.1. The average Bonchev–Trinajstić information content (AvgIpc) is 1.93. The summed E-state index contributed by atoms with van der Waals surface area (Å²) in [6, 6.07) is 7.33. The van der Waals surface area contributed by atoms with E-state index >= 15 is 0 Å². The van der Waals surface area contributed by atoms with E-state index in [0.717, 1.165) is 9.13 Å². The molecule has 0 aliphatic rings. The molecule has 0 unspecified atom stereocenters. The second-order valence-electron chi connectivity index (χ2n) is 2.18. The molecule has 0 N–H and O–H groups in total. The number of hydrogen-bond donors (Lipinski definition) is 0. The zero-order valence-corrected chi connectivity index (χ0v) is 10.9. The van der Waals surface area contributed by atoms with Gasteiger partial charge in [0.25, 0.3) is 0 Å². The molecule has 0 radical (unpaired) electrons. The SMILES string of the molecule is O=C([O-])Cc1ccc(I)cc1.[Na+]. The standard InChI is InChI=1S/C8H7IO2.Na/c9-7-3-1-6(2-4-7)5-8(10)11;/h1-4H,5H2,(H,10,11);/q;+1/p-1. The van der Waals surface area contributed by atoms with Crippen LogP contribution in [0.3, 0.4) is 0 Å². The van der Waals surface area contributed by atoms with Gasteiger partial charge in [-0.2, -0.15) is 0 Å². The van der Waals surface area contributed by atoms with Crippen LogP contribution in [0.4, 0.5) is 0 Å². The fraction of sp³-hybridized carbons (Fsp3) is 0.125. The normalized spacial score (nSPS) is 8.75. The zero-order chi connectivity index (χ0) is 8.27. The van der Waals surface area contributed by atoms with Crippen LogP contribution in [-0.4, -0.2) is 5.97 Å². The Morgan fingerprint density at radius 2 is 1.83 bits per heavy atom. The van der Waals surface area contributed by atoms with Crippen LogP contribution in [0, 0.1) is 3.57 Å². The van der Waals surface area contributed by atoms with Gasteiger partial charge >= 0.3 is 29.6 Å². The first-order valence-corrected chi connectivity index (χ1v) is 4.20. The third kappa shape index (κ3) is 4.45. The van der Waals surface area contributed by atoms with Gasteiger partial charge in [-0.15, -0.1) is 0 Å². The van der Waals surface area contributed by atoms with Crippen LogP contribution >= 0.6 is 22.6 Å². The van der Waals surface area contributed by atoms with Crippen LogP contribution in [0.2, 0.25) is 0 Å². The van der Waals surface area contributed by atoms with Gasteiger partial charge in [-0.05, 0) is 40.3 Å². The molecule has 1 aromatic rings. The zero-order valence-electron chi connectivity index (χ0n) is 6.71. The predicted molar refractivity (Wildman–Crippen MR) is 47.9 cm³/mol. The summed E-state index contributed by atoms with van der Waals surface area (Å²) < 4.78 is 1.10. The van der Waals surface area contributed by atoms with Crippen LogP contribution < -0.4 is 34.7 Å². The number of rotatable bonds is 2. The molecule has 0 atom stereocenters. The molecule has 2 nitrogen and oxygen atoms in total. The van der Waals surface area contributed by atoms with Crippen molar-refractivity contribution in [3.8, 4) is 0 Å². The van der Waals surface area contributed by atoms with Gasteiger partial charge in [-0.3, -0.25) is 0 Å². The average molecular weight is 284 g/mol. The van der Waals surface area contributed by atoms with Crippen molar-refractivity contribution in [3.63, 3.8) is 0 Å². The van der Waals surface area contributed by atoms with E-state index in [1.54, 1.807) is 12.1 Å². The predicted octanol–water partition coefficient (Wildman–Crippen LogP) is -2.41. The number of carbonyl (C=O) groups excluding carboxylic acids is 1. The van der Waals surface area contributed by atoms with Crippen molar-refractivity contribution in [1.82, 2.24) is 0 Å². The quantitative estimate of drug-likeness (QED) is 0.448. The van der Waals surface area contributed by atoms with Gasteiger partial charge in [-0.25, -0.2) is 0 Å². The topological polar surface area (TPSA) is 40.1 Å². The van der Waals surface area contributed by atoms with Gasteiger partial charge in [0.1, 0.15) is 0 Å². The molecule has 0 spiro atoms. The number of hydrogen-bond acceptors (Lipinski definition) is 2. The largest absolute Gasteiger partial charge is 1.00 e. The van der Waals surface area contributed by atoms with E-state index in [-0.39, 0.29) is 36.0 Å². The number of carboxylic acids is 1. The van der Waals surface area contributed by atoms with E-state index in [2.05, 4.69) is 22.6 Å². The number of halogens is 1. The van der Waals surface area contributed by atoms with Crippen molar-refractivity contribution in [2.75, 3.05) is 0 Å². The van der Waals surface area contributed by atoms with Crippen molar-refractivity contribution in [2.45, 2.75) is 6.42 Å². The Morgan fingerprint density at radius 3 is 2.25 bits per heavy atom. The summed E-state index contributed by atoms with van der Waals surface area (Å²) >= 11 is 2.17. The summed E-state index contributed by atoms with van der Waals surface area (Å²) in [6.45, 7) is 0. The van der Waals surface area contributed by atoms with E-state index in [9.17, 15) is 9.90 Å². The van der Waals surface area contributed by atoms with Crippen LogP contribution in [0.1, 0.15) is 5.56 Å². The molecule has 1 rings (SSSR count). The van der Waals surface area contributed by atoms with Crippen LogP contribution in [-0.2, 0) is 11.2 Å². The molecule has 0 fully saturated rings. The molecule has 4 heteroatoms. The summed E-state index contributed by atoms with van der Waals surface area (Å²) in [5.74, 6) is -1.04. The molecule has 0 aliphatic carbocycles. The number of benzene rings is 1. The van der Waals surface area contributed by atoms with Crippen molar-refractivity contribution in [1.29, 1.82) is 0 Å². The van der Waals surface area contributed by atoms with Gasteiger partial charge in [0.15, 0.2) is 0 Å². The third-order valence-electron chi connectivity index (χ3n) is 1.26. The van der Waals surface area contributed by atoms with E-state index in [0.29, 0.717) is 0 Å². The Hall–Kier alpha value is 0.420. The number of carbonyl (C=O) groups is 1. The monoisotopic (exact) mass is 284 g/mol. The third-order valence-corrected chi connectivity index (χ3v) is 1.98. The van der Waals surface area contributed by atoms with E-state index < -0.39 is 5.97 Å². The summed E-state index contributed by atoms with van der Waals surface area (Å²) in [4.78, 5) is 10.1. The number of carboxylic acid groups (broad SMARTS) is 1. The van der Waals surface area contributed by atoms with E-state index in [4.69, 9.17) is 0 Å². The Bertz CT molecular complexity index is 258. The van der Waals surface area contributed by atoms with Gasteiger partial charge in [0.05, 0.1) is 0 Å².